The van der Waals surface area contributed by atoms with Gasteiger partial charge in [-0.3, -0.25) is 14.9 Å². The summed E-state index contributed by atoms with van der Waals surface area (Å²) >= 11 is 5.21. The Balaban J connectivity index is 1.58. The maximum absolute atomic E-state index is 12.7. The Morgan fingerprint density at radius 2 is 1.56 bits per heavy atom. The van der Waals surface area contributed by atoms with Crippen LogP contribution in [0.15, 0.2) is 83.8 Å². The predicted molar refractivity (Wildman–Crippen MR) is 133 cm³/mol. The molecular weight excluding hydrogens is 474 g/mol. The number of sulfonamides is 1. The molecular formula is C24H23N3O5S2. The molecule has 0 bridgehead atoms. The molecule has 3 aromatic rings. The first-order chi connectivity index (χ1) is 16.2. The van der Waals surface area contributed by atoms with Crippen molar-refractivity contribution in [1.82, 2.24) is 10.0 Å². The van der Waals surface area contributed by atoms with Crippen molar-refractivity contribution in [3.8, 4) is 5.75 Å². The SMILES string of the molecule is CC(=O)NS(=O)(=O)c1ccc(NC(=S)NC(=O)c2ccccc2OCCc2ccccc2)cc1. The minimum Gasteiger partial charge on any atom is -0.492 e. The number of para-hydroxylation sites is 1. The smallest absolute Gasteiger partial charge is 0.264 e. The zero-order valence-electron chi connectivity index (χ0n) is 18.3. The highest BCUT2D eigenvalue weighted by Gasteiger charge is 2.16. The van der Waals surface area contributed by atoms with E-state index in [4.69, 9.17) is 17.0 Å². The van der Waals surface area contributed by atoms with Gasteiger partial charge in [0.15, 0.2) is 5.11 Å². The lowest BCUT2D eigenvalue weighted by molar-refractivity contribution is -0.117. The molecule has 0 saturated carbocycles. The van der Waals surface area contributed by atoms with Gasteiger partial charge in [0.25, 0.3) is 15.9 Å². The Bertz CT molecular complexity index is 1280. The molecule has 0 fully saturated rings. The van der Waals surface area contributed by atoms with E-state index in [0.29, 0.717) is 30.0 Å². The van der Waals surface area contributed by atoms with Crippen LogP contribution in [-0.4, -0.2) is 32.0 Å². The van der Waals surface area contributed by atoms with Crippen LogP contribution >= 0.6 is 12.2 Å². The van der Waals surface area contributed by atoms with E-state index >= 15 is 0 Å². The molecule has 3 rings (SSSR count). The number of nitrogens with one attached hydrogen (secondary N) is 3. The van der Waals surface area contributed by atoms with Crippen LogP contribution in [0.1, 0.15) is 22.8 Å². The van der Waals surface area contributed by atoms with Crippen molar-refractivity contribution in [1.29, 1.82) is 0 Å². The van der Waals surface area contributed by atoms with Gasteiger partial charge < -0.3 is 10.1 Å². The van der Waals surface area contributed by atoms with E-state index in [2.05, 4.69) is 10.6 Å². The maximum Gasteiger partial charge on any atom is 0.264 e. The number of benzene rings is 3. The third-order valence-electron chi connectivity index (χ3n) is 4.55. The quantitative estimate of drug-likeness (QED) is 0.410. The van der Waals surface area contributed by atoms with Crippen molar-refractivity contribution < 1.29 is 22.7 Å². The summed E-state index contributed by atoms with van der Waals surface area (Å²) in [5.74, 6) is -0.695. The summed E-state index contributed by atoms with van der Waals surface area (Å²) in [4.78, 5) is 23.7. The first kappa shape index (κ1) is 24.9. The Morgan fingerprint density at radius 1 is 0.912 bits per heavy atom. The molecule has 10 heteroatoms. The normalized spacial score (nSPS) is 10.7. The van der Waals surface area contributed by atoms with Crippen molar-refractivity contribution in [3.63, 3.8) is 0 Å². The van der Waals surface area contributed by atoms with Gasteiger partial charge >= 0.3 is 0 Å². The van der Waals surface area contributed by atoms with Crippen LogP contribution in [0.25, 0.3) is 0 Å². The molecule has 3 aromatic carbocycles. The number of carbonyl (C=O) groups excluding carboxylic acids is 2. The summed E-state index contributed by atoms with van der Waals surface area (Å²) in [5, 5.41) is 5.44. The zero-order valence-corrected chi connectivity index (χ0v) is 19.9. The molecule has 34 heavy (non-hydrogen) atoms. The lowest BCUT2D eigenvalue weighted by atomic mass is 10.1. The number of thiocarbonyl (C=S) groups is 1. The van der Waals surface area contributed by atoms with Gasteiger partial charge in [0, 0.05) is 19.0 Å². The van der Waals surface area contributed by atoms with E-state index in [-0.39, 0.29) is 10.0 Å². The van der Waals surface area contributed by atoms with Crippen LogP contribution in [-0.2, 0) is 21.2 Å². The largest absolute Gasteiger partial charge is 0.492 e. The molecule has 0 aliphatic rings. The third-order valence-corrected chi connectivity index (χ3v) is 6.20. The average molecular weight is 498 g/mol. The van der Waals surface area contributed by atoms with E-state index in [9.17, 15) is 18.0 Å². The van der Waals surface area contributed by atoms with Gasteiger partial charge in [-0.05, 0) is 54.2 Å². The summed E-state index contributed by atoms with van der Waals surface area (Å²) in [7, 11) is -3.93. The number of hydrogen-bond acceptors (Lipinski definition) is 6. The number of ether oxygens (including phenoxy) is 1. The van der Waals surface area contributed by atoms with Crippen LogP contribution < -0.4 is 20.1 Å². The molecule has 0 aromatic heterocycles. The van der Waals surface area contributed by atoms with E-state index in [1.54, 1.807) is 24.3 Å². The number of hydrogen-bond donors (Lipinski definition) is 3. The van der Waals surface area contributed by atoms with Crippen LogP contribution in [0.3, 0.4) is 0 Å². The Labute approximate surface area is 203 Å². The summed E-state index contributed by atoms with van der Waals surface area (Å²) in [6.07, 6.45) is 0.699. The highest BCUT2D eigenvalue weighted by molar-refractivity contribution is 7.90. The second-order valence-corrected chi connectivity index (χ2v) is 9.27. The highest BCUT2D eigenvalue weighted by atomic mass is 32.2. The Morgan fingerprint density at radius 3 is 2.24 bits per heavy atom. The van der Waals surface area contributed by atoms with Gasteiger partial charge in [0.2, 0.25) is 5.91 Å². The molecule has 0 spiro atoms. The lowest BCUT2D eigenvalue weighted by Gasteiger charge is -2.13. The molecule has 0 radical (unpaired) electrons. The molecule has 0 aliphatic heterocycles. The average Bonchev–Trinajstić information content (AvgIpc) is 2.79. The molecule has 8 nitrogen and oxygen atoms in total. The van der Waals surface area contributed by atoms with Gasteiger partial charge in [0.05, 0.1) is 17.1 Å². The van der Waals surface area contributed by atoms with Crippen LogP contribution in [0, 0.1) is 0 Å². The number of anilines is 1. The Kier molecular flexibility index (Phi) is 8.34. The minimum absolute atomic E-state index is 0.0292. The zero-order chi connectivity index (χ0) is 24.6. The molecule has 0 saturated heterocycles. The van der Waals surface area contributed by atoms with Crippen molar-refractivity contribution >= 4 is 44.9 Å². The summed E-state index contributed by atoms with van der Waals surface area (Å²) < 4.78 is 31.7. The van der Waals surface area contributed by atoms with Crippen LogP contribution in [0.4, 0.5) is 5.69 Å². The van der Waals surface area contributed by atoms with Gasteiger partial charge in [-0.2, -0.15) is 0 Å². The standard InChI is InChI=1S/C24H23N3O5S2/c1-17(28)27-34(30,31)20-13-11-19(12-14-20)25-24(33)26-23(29)21-9-5-6-10-22(21)32-16-15-18-7-3-2-4-8-18/h2-14H,15-16H2,1H3,(H,27,28)(H2,25,26,29,33). The molecule has 176 valence electrons. The van der Waals surface area contributed by atoms with Gasteiger partial charge in [-0.1, -0.05) is 42.5 Å². The fourth-order valence-corrected chi connectivity index (χ4v) is 4.20. The summed E-state index contributed by atoms with van der Waals surface area (Å²) in [5.41, 5.74) is 1.92. The fraction of sp³-hybridized carbons (Fsp3) is 0.125. The number of amides is 2. The van der Waals surface area contributed by atoms with E-state index < -0.39 is 21.8 Å². The summed E-state index contributed by atoms with van der Waals surface area (Å²) in [6.45, 7) is 1.52. The molecule has 0 heterocycles. The van der Waals surface area contributed by atoms with Gasteiger partial charge in [-0.15, -0.1) is 0 Å². The topological polar surface area (TPSA) is 114 Å². The minimum atomic E-state index is -3.93. The van der Waals surface area contributed by atoms with Crippen molar-refractivity contribution in [2.24, 2.45) is 0 Å². The van der Waals surface area contributed by atoms with Crippen LogP contribution in [0.5, 0.6) is 5.75 Å². The third kappa shape index (κ3) is 7.12. The van der Waals surface area contributed by atoms with E-state index in [1.165, 1.54) is 24.3 Å². The maximum atomic E-state index is 12.7. The number of carbonyl (C=O) groups is 2. The van der Waals surface area contributed by atoms with Gasteiger partial charge in [0.1, 0.15) is 5.75 Å². The molecule has 2 amide bonds. The van der Waals surface area contributed by atoms with Crippen molar-refractivity contribution in [2.75, 3.05) is 11.9 Å². The van der Waals surface area contributed by atoms with E-state index in [0.717, 1.165) is 12.5 Å². The van der Waals surface area contributed by atoms with Crippen molar-refractivity contribution in [3.05, 3.63) is 90.0 Å². The second-order valence-electron chi connectivity index (χ2n) is 7.17. The molecule has 3 N–H and O–H groups in total. The molecule has 0 unspecified atom stereocenters. The summed E-state index contributed by atoms with van der Waals surface area (Å²) in [6, 6.07) is 22.3. The van der Waals surface area contributed by atoms with Crippen LogP contribution in [0.2, 0.25) is 0 Å². The highest BCUT2D eigenvalue weighted by Crippen LogP contribution is 2.19. The predicted octanol–water partition coefficient (Wildman–Crippen LogP) is 3.26. The first-order valence-electron chi connectivity index (χ1n) is 10.3. The molecule has 0 atom stereocenters. The van der Waals surface area contributed by atoms with Gasteiger partial charge in [-0.25, -0.2) is 13.1 Å². The number of rotatable bonds is 8. The first-order valence-corrected chi connectivity index (χ1v) is 12.2. The fourth-order valence-electron chi connectivity index (χ4n) is 3.00. The lowest BCUT2D eigenvalue weighted by Crippen LogP contribution is -2.34. The van der Waals surface area contributed by atoms with Crippen molar-refractivity contribution in [2.45, 2.75) is 18.2 Å². The molecule has 0 aliphatic carbocycles. The second kappa shape index (κ2) is 11.4. The Hall–Kier alpha value is -3.76. The van der Waals surface area contributed by atoms with E-state index in [1.807, 2.05) is 35.1 Å². The monoisotopic (exact) mass is 497 g/mol.